The van der Waals surface area contributed by atoms with E-state index in [0.717, 1.165) is 5.56 Å². The Bertz CT molecular complexity index is 590. The Hall–Kier alpha value is -1.92. The molecule has 1 aliphatic heterocycles. The number of benzene rings is 1. The van der Waals surface area contributed by atoms with Gasteiger partial charge in [0.1, 0.15) is 0 Å². The Balaban J connectivity index is 2.03. The third kappa shape index (κ3) is 4.19. The highest BCUT2D eigenvalue weighted by molar-refractivity contribution is 5.77. The molecule has 1 aromatic carbocycles. The van der Waals surface area contributed by atoms with Gasteiger partial charge in [0, 0.05) is 25.9 Å². The Labute approximate surface area is 149 Å². The Kier molecular flexibility index (Phi) is 6.56. The molecule has 0 saturated carbocycles. The first-order valence-electron chi connectivity index (χ1n) is 8.67. The van der Waals surface area contributed by atoms with Gasteiger partial charge in [0.15, 0.2) is 0 Å². The number of aliphatic hydroxyl groups excluding tert-OH is 1. The molecule has 1 aromatic rings. The number of hydrogen-bond acceptors (Lipinski definition) is 5. The molecule has 1 fully saturated rings. The van der Waals surface area contributed by atoms with Gasteiger partial charge in [-0.1, -0.05) is 30.3 Å². The van der Waals surface area contributed by atoms with Crippen LogP contribution < -0.4 is 0 Å². The van der Waals surface area contributed by atoms with E-state index < -0.39 is 11.6 Å². The number of hydrogen-bond donors (Lipinski definition) is 1. The van der Waals surface area contributed by atoms with E-state index in [0.29, 0.717) is 32.4 Å². The maximum atomic E-state index is 12.4. The van der Waals surface area contributed by atoms with Crippen molar-refractivity contribution in [2.24, 2.45) is 0 Å². The van der Waals surface area contributed by atoms with E-state index in [1.165, 1.54) is 7.11 Å². The van der Waals surface area contributed by atoms with Gasteiger partial charge in [0.05, 0.1) is 18.8 Å². The van der Waals surface area contributed by atoms with Crippen molar-refractivity contribution in [3.05, 3.63) is 35.9 Å². The van der Waals surface area contributed by atoms with Crippen molar-refractivity contribution in [3.63, 3.8) is 0 Å². The number of likely N-dealkylation sites (tertiary alicyclic amines) is 1. The maximum absolute atomic E-state index is 12.4. The second kappa shape index (κ2) is 8.45. The van der Waals surface area contributed by atoms with Crippen LogP contribution in [0.4, 0.5) is 0 Å². The molecule has 0 unspecified atom stereocenters. The molecule has 1 N–H and O–H groups in total. The van der Waals surface area contributed by atoms with Gasteiger partial charge in [-0.2, -0.15) is 0 Å². The van der Waals surface area contributed by atoms with Crippen LogP contribution in [0.5, 0.6) is 0 Å². The molecule has 6 heteroatoms. The first-order valence-corrected chi connectivity index (χ1v) is 8.67. The van der Waals surface area contributed by atoms with Gasteiger partial charge in [0.25, 0.3) is 0 Å². The zero-order valence-corrected chi connectivity index (χ0v) is 15.3. The lowest BCUT2D eigenvalue weighted by Crippen LogP contribution is -2.60. The highest BCUT2D eigenvalue weighted by atomic mass is 16.5. The molecule has 1 heterocycles. The molecule has 25 heavy (non-hydrogen) atoms. The van der Waals surface area contributed by atoms with Crippen molar-refractivity contribution >= 4 is 11.9 Å². The van der Waals surface area contributed by atoms with E-state index in [1.54, 1.807) is 4.90 Å². The third-order valence-corrected chi connectivity index (χ3v) is 5.13. The van der Waals surface area contributed by atoms with Crippen molar-refractivity contribution < 1.29 is 19.4 Å². The first kappa shape index (κ1) is 19.4. The molecule has 6 nitrogen and oxygen atoms in total. The molecule has 2 atom stereocenters. The SMILES string of the molecule is COC(=O)CCCC(=O)N1CC[C@@](c2ccccc2)(N(C)C)[C@H](O)C1. The lowest BCUT2D eigenvalue weighted by molar-refractivity contribution is -0.142. The topological polar surface area (TPSA) is 70.1 Å². The highest BCUT2D eigenvalue weighted by Gasteiger charge is 2.46. The molecule has 1 amide bonds. The van der Waals surface area contributed by atoms with Gasteiger partial charge in [-0.25, -0.2) is 0 Å². The van der Waals surface area contributed by atoms with Crippen LogP contribution in [0.15, 0.2) is 30.3 Å². The average Bonchev–Trinajstić information content (AvgIpc) is 2.61. The number of methoxy groups -OCH3 is 1. The fourth-order valence-electron chi connectivity index (χ4n) is 3.64. The number of likely N-dealkylation sites (N-methyl/N-ethyl adjacent to an activating group) is 1. The second-order valence-corrected chi connectivity index (χ2v) is 6.72. The van der Waals surface area contributed by atoms with E-state index in [-0.39, 0.29) is 18.3 Å². The van der Waals surface area contributed by atoms with E-state index >= 15 is 0 Å². The predicted molar refractivity (Wildman–Crippen MR) is 94.9 cm³/mol. The zero-order valence-electron chi connectivity index (χ0n) is 15.3. The van der Waals surface area contributed by atoms with Crippen LogP contribution in [0.25, 0.3) is 0 Å². The van der Waals surface area contributed by atoms with E-state index in [1.807, 2.05) is 49.3 Å². The minimum absolute atomic E-state index is 0.0247. The lowest BCUT2D eigenvalue weighted by atomic mass is 9.77. The number of piperidine rings is 1. The van der Waals surface area contributed by atoms with Gasteiger partial charge in [-0.05, 0) is 32.5 Å². The van der Waals surface area contributed by atoms with Crippen LogP contribution >= 0.6 is 0 Å². The summed E-state index contributed by atoms with van der Waals surface area (Å²) in [4.78, 5) is 27.3. The van der Waals surface area contributed by atoms with E-state index in [2.05, 4.69) is 4.74 Å². The number of β-amino-alcohol motifs (C(OH)–C–C–N with tert-alkyl or cyclic N) is 1. The molecule has 2 rings (SSSR count). The molecule has 0 radical (unpaired) electrons. The molecule has 1 saturated heterocycles. The number of ether oxygens (including phenoxy) is 1. The quantitative estimate of drug-likeness (QED) is 0.787. The third-order valence-electron chi connectivity index (χ3n) is 5.13. The summed E-state index contributed by atoms with van der Waals surface area (Å²) < 4.78 is 4.59. The van der Waals surface area contributed by atoms with Crippen molar-refractivity contribution in [1.29, 1.82) is 0 Å². The molecule has 0 bridgehead atoms. The Morgan fingerprint density at radius 3 is 2.52 bits per heavy atom. The number of carbonyl (C=O) groups excluding carboxylic acids is 2. The van der Waals surface area contributed by atoms with Gasteiger partial charge in [-0.3, -0.25) is 14.5 Å². The van der Waals surface area contributed by atoms with Crippen molar-refractivity contribution in [2.75, 3.05) is 34.3 Å². The standard InChI is InChI=1S/C19H28N2O4/c1-20(2)19(15-8-5-4-6-9-15)12-13-21(14-16(19)22)17(23)10-7-11-18(24)25-3/h4-6,8-9,16,22H,7,10-14H2,1-3H3/t16-,19+/m1/s1. The largest absolute Gasteiger partial charge is 0.469 e. The molecular weight excluding hydrogens is 320 g/mol. The summed E-state index contributed by atoms with van der Waals surface area (Å²) in [7, 11) is 5.27. The summed E-state index contributed by atoms with van der Waals surface area (Å²) in [6, 6.07) is 9.95. The van der Waals surface area contributed by atoms with E-state index in [9.17, 15) is 14.7 Å². The summed E-state index contributed by atoms with van der Waals surface area (Å²) >= 11 is 0. The van der Waals surface area contributed by atoms with Crippen molar-refractivity contribution in [2.45, 2.75) is 37.3 Å². The van der Waals surface area contributed by atoms with E-state index in [4.69, 9.17) is 0 Å². The number of esters is 1. The van der Waals surface area contributed by atoms with Crippen molar-refractivity contribution in [1.82, 2.24) is 9.80 Å². The van der Waals surface area contributed by atoms with Gasteiger partial charge < -0.3 is 14.7 Å². The lowest BCUT2D eigenvalue weighted by Gasteiger charge is -2.49. The molecule has 1 aliphatic rings. The van der Waals surface area contributed by atoms with Crippen LogP contribution in [0.2, 0.25) is 0 Å². The maximum Gasteiger partial charge on any atom is 0.305 e. The van der Waals surface area contributed by atoms with Gasteiger partial charge >= 0.3 is 5.97 Å². The summed E-state index contributed by atoms with van der Waals surface area (Å²) in [5.74, 6) is -0.328. The number of amides is 1. The van der Waals surface area contributed by atoms with Crippen LogP contribution in [-0.4, -0.2) is 67.2 Å². The smallest absolute Gasteiger partial charge is 0.305 e. The van der Waals surface area contributed by atoms with Crippen LogP contribution in [0.3, 0.4) is 0 Å². The number of carbonyl (C=O) groups is 2. The number of rotatable bonds is 6. The number of nitrogens with zero attached hydrogens (tertiary/aromatic N) is 2. The fraction of sp³-hybridized carbons (Fsp3) is 0.579. The summed E-state index contributed by atoms with van der Waals surface area (Å²) in [5.41, 5.74) is 0.564. The summed E-state index contributed by atoms with van der Waals surface area (Å²) in [5, 5.41) is 10.9. The molecule has 0 aromatic heterocycles. The summed E-state index contributed by atoms with van der Waals surface area (Å²) in [6.45, 7) is 0.880. The average molecular weight is 348 g/mol. The Morgan fingerprint density at radius 2 is 1.96 bits per heavy atom. The highest BCUT2D eigenvalue weighted by Crippen LogP contribution is 2.37. The second-order valence-electron chi connectivity index (χ2n) is 6.72. The fourth-order valence-corrected chi connectivity index (χ4v) is 3.64. The Morgan fingerprint density at radius 1 is 1.28 bits per heavy atom. The van der Waals surface area contributed by atoms with Crippen LogP contribution in [0, 0.1) is 0 Å². The number of aliphatic hydroxyl groups is 1. The summed E-state index contributed by atoms with van der Waals surface area (Å²) in [6.07, 6.45) is 0.985. The molecule has 138 valence electrons. The molecular formula is C19H28N2O4. The van der Waals surface area contributed by atoms with Gasteiger partial charge in [-0.15, -0.1) is 0 Å². The normalized spacial score (nSPS) is 23.6. The van der Waals surface area contributed by atoms with Crippen molar-refractivity contribution in [3.8, 4) is 0 Å². The molecule has 0 aliphatic carbocycles. The minimum Gasteiger partial charge on any atom is -0.469 e. The molecule has 0 spiro atoms. The van der Waals surface area contributed by atoms with Crippen LogP contribution in [-0.2, 0) is 19.9 Å². The minimum atomic E-state index is -0.678. The zero-order chi connectivity index (χ0) is 18.4. The van der Waals surface area contributed by atoms with Crippen LogP contribution in [0.1, 0.15) is 31.2 Å². The first-order chi connectivity index (χ1) is 11.9. The monoisotopic (exact) mass is 348 g/mol. The van der Waals surface area contributed by atoms with Gasteiger partial charge in [0.2, 0.25) is 5.91 Å². The predicted octanol–water partition coefficient (Wildman–Crippen LogP) is 1.38.